The number of piperidine rings is 1. The molecule has 1 saturated heterocycles. The van der Waals surface area contributed by atoms with Gasteiger partial charge in [0.1, 0.15) is 11.9 Å². The van der Waals surface area contributed by atoms with Gasteiger partial charge in [-0.15, -0.1) is 0 Å². The van der Waals surface area contributed by atoms with Crippen molar-refractivity contribution in [2.75, 3.05) is 36.8 Å². The highest BCUT2D eigenvalue weighted by atomic mass is 32.2. The monoisotopic (exact) mass is 433 g/mol. The minimum atomic E-state index is -3.32. The number of para-hydroxylation sites is 1. The lowest BCUT2D eigenvalue weighted by Gasteiger charge is -2.32. The Morgan fingerprint density at radius 2 is 1.87 bits per heavy atom. The molecule has 1 aromatic heterocycles. The third-order valence-electron chi connectivity index (χ3n) is 5.05. The lowest BCUT2D eigenvalue weighted by molar-refractivity contribution is -0.135. The number of benzene rings is 1. The predicted molar refractivity (Wildman–Crippen MR) is 114 cm³/mol. The number of anilines is 1. The average molecular weight is 434 g/mol. The van der Waals surface area contributed by atoms with E-state index in [9.17, 15) is 13.2 Å². The molecular weight excluding hydrogens is 406 g/mol. The number of likely N-dealkylation sites (tertiary alicyclic amines) is 1. The lowest BCUT2D eigenvalue weighted by Crippen LogP contribution is -2.43. The summed E-state index contributed by atoms with van der Waals surface area (Å²) in [6, 6.07) is 12.6. The number of hydrogen-bond acceptors (Lipinski definition) is 6. The second kappa shape index (κ2) is 9.80. The zero-order valence-corrected chi connectivity index (χ0v) is 18.0. The molecule has 0 spiro atoms. The fraction of sp³-hybridized carbons (Fsp3) is 0.429. The number of carbonyl (C=O) groups is 1. The Morgan fingerprint density at radius 1 is 1.17 bits per heavy atom. The van der Waals surface area contributed by atoms with Crippen molar-refractivity contribution in [1.29, 1.82) is 0 Å². The summed E-state index contributed by atoms with van der Waals surface area (Å²) in [5.41, 5.74) is 0.489. The van der Waals surface area contributed by atoms with Crippen LogP contribution in [0.25, 0.3) is 0 Å². The maximum Gasteiger partial charge on any atom is 0.260 e. The van der Waals surface area contributed by atoms with E-state index >= 15 is 0 Å². The number of sulfonamides is 1. The molecule has 1 aliphatic rings. The molecule has 30 heavy (non-hydrogen) atoms. The Hall–Kier alpha value is -2.81. The normalized spacial score (nSPS) is 14.9. The molecule has 1 aromatic carbocycles. The Morgan fingerprint density at radius 3 is 2.47 bits per heavy atom. The second-order valence-corrected chi connectivity index (χ2v) is 9.31. The topological polar surface area (TPSA) is 89.0 Å². The summed E-state index contributed by atoms with van der Waals surface area (Å²) in [6.45, 7) is 2.81. The van der Waals surface area contributed by atoms with E-state index < -0.39 is 10.0 Å². The van der Waals surface area contributed by atoms with Gasteiger partial charge in [-0.05, 0) is 25.1 Å². The third kappa shape index (κ3) is 5.63. The standard InChI is InChI=1S/C21H27N3O5S/c1-3-30(26,27)23(2)17-9-10-20(22-15-17)29-19-11-13-24(14-12-19)21(25)16-28-18-7-5-4-6-8-18/h4-10,15,19H,3,11-14,16H2,1-2H3. The summed E-state index contributed by atoms with van der Waals surface area (Å²) < 4.78 is 36.5. The zero-order chi connectivity index (χ0) is 21.6. The fourth-order valence-corrected chi connectivity index (χ4v) is 3.95. The van der Waals surface area contributed by atoms with E-state index in [-0.39, 0.29) is 24.4 Å². The molecule has 2 aromatic rings. The summed E-state index contributed by atoms with van der Waals surface area (Å²) in [5.74, 6) is 1.10. The van der Waals surface area contributed by atoms with Crippen molar-refractivity contribution in [1.82, 2.24) is 9.88 Å². The molecule has 0 aliphatic carbocycles. The van der Waals surface area contributed by atoms with Gasteiger partial charge in [0, 0.05) is 39.0 Å². The van der Waals surface area contributed by atoms with E-state index in [4.69, 9.17) is 9.47 Å². The van der Waals surface area contributed by atoms with Crippen molar-refractivity contribution in [3.63, 3.8) is 0 Å². The summed E-state index contributed by atoms with van der Waals surface area (Å²) in [6.07, 6.45) is 2.84. The highest BCUT2D eigenvalue weighted by Crippen LogP contribution is 2.21. The molecule has 1 aliphatic heterocycles. The van der Waals surface area contributed by atoms with Gasteiger partial charge in [0.25, 0.3) is 5.91 Å². The van der Waals surface area contributed by atoms with Crippen molar-refractivity contribution >= 4 is 21.6 Å². The van der Waals surface area contributed by atoms with Gasteiger partial charge >= 0.3 is 0 Å². The van der Waals surface area contributed by atoms with Crippen LogP contribution in [-0.4, -0.2) is 62.8 Å². The first-order valence-corrected chi connectivity index (χ1v) is 11.5. The Bertz CT molecular complexity index is 927. The Balaban J connectivity index is 1.46. The molecule has 3 rings (SSSR count). The SMILES string of the molecule is CCS(=O)(=O)N(C)c1ccc(OC2CCN(C(=O)COc3ccccc3)CC2)nc1. The van der Waals surface area contributed by atoms with E-state index in [0.717, 1.165) is 0 Å². The van der Waals surface area contributed by atoms with Gasteiger partial charge in [-0.1, -0.05) is 18.2 Å². The molecule has 1 amide bonds. The van der Waals surface area contributed by atoms with Crippen molar-refractivity contribution in [2.45, 2.75) is 25.9 Å². The molecule has 8 nitrogen and oxygen atoms in total. The summed E-state index contributed by atoms with van der Waals surface area (Å²) in [7, 11) is -1.82. The molecular formula is C21H27N3O5S. The van der Waals surface area contributed by atoms with Crippen LogP contribution in [0.4, 0.5) is 5.69 Å². The summed E-state index contributed by atoms with van der Waals surface area (Å²) in [5, 5.41) is 0. The van der Waals surface area contributed by atoms with E-state index in [1.54, 1.807) is 24.0 Å². The largest absolute Gasteiger partial charge is 0.484 e. The molecule has 0 N–H and O–H groups in total. The third-order valence-corrected chi connectivity index (χ3v) is 6.83. The van der Waals surface area contributed by atoms with Gasteiger partial charge in [0.2, 0.25) is 15.9 Å². The first kappa shape index (κ1) is 21.9. The molecule has 162 valence electrons. The van der Waals surface area contributed by atoms with Gasteiger partial charge in [-0.3, -0.25) is 9.10 Å². The van der Waals surface area contributed by atoms with Crippen LogP contribution in [0.15, 0.2) is 48.7 Å². The Kier molecular flexibility index (Phi) is 7.15. The van der Waals surface area contributed by atoms with Crippen molar-refractivity contribution < 1.29 is 22.7 Å². The first-order chi connectivity index (χ1) is 14.4. The fourth-order valence-electron chi connectivity index (χ4n) is 3.13. The van der Waals surface area contributed by atoms with E-state index in [1.165, 1.54) is 17.5 Å². The average Bonchev–Trinajstić information content (AvgIpc) is 2.78. The van der Waals surface area contributed by atoms with Gasteiger partial charge in [0.05, 0.1) is 17.6 Å². The van der Waals surface area contributed by atoms with Gasteiger partial charge in [0.15, 0.2) is 6.61 Å². The molecule has 0 saturated carbocycles. The van der Waals surface area contributed by atoms with Crippen LogP contribution in [-0.2, 0) is 14.8 Å². The zero-order valence-electron chi connectivity index (χ0n) is 17.2. The summed E-state index contributed by atoms with van der Waals surface area (Å²) in [4.78, 5) is 18.3. The number of rotatable bonds is 8. The number of ether oxygens (including phenoxy) is 2. The van der Waals surface area contributed by atoms with Crippen LogP contribution < -0.4 is 13.8 Å². The van der Waals surface area contributed by atoms with E-state index in [1.807, 2.05) is 30.3 Å². The highest BCUT2D eigenvalue weighted by Gasteiger charge is 2.24. The Labute approximate surface area is 177 Å². The van der Waals surface area contributed by atoms with Crippen LogP contribution in [0, 0.1) is 0 Å². The van der Waals surface area contributed by atoms with Crippen LogP contribution in [0.2, 0.25) is 0 Å². The molecule has 1 fully saturated rings. The molecule has 2 heterocycles. The van der Waals surface area contributed by atoms with Gasteiger partial charge in [-0.2, -0.15) is 0 Å². The number of amides is 1. The summed E-state index contributed by atoms with van der Waals surface area (Å²) >= 11 is 0. The van der Waals surface area contributed by atoms with Crippen LogP contribution in [0.1, 0.15) is 19.8 Å². The van der Waals surface area contributed by atoms with Crippen molar-refractivity contribution in [3.8, 4) is 11.6 Å². The van der Waals surface area contributed by atoms with Crippen LogP contribution >= 0.6 is 0 Å². The van der Waals surface area contributed by atoms with Crippen molar-refractivity contribution in [2.24, 2.45) is 0 Å². The minimum absolute atomic E-state index is 0.0206. The smallest absolute Gasteiger partial charge is 0.260 e. The molecule has 0 bridgehead atoms. The van der Waals surface area contributed by atoms with Crippen LogP contribution in [0.5, 0.6) is 11.6 Å². The highest BCUT2D eigenvalue weighted by molar-refractivity contribution is 7.92. The number of aromatic nitrogens is 1. The molecule has 0 atom stereocenters. The van der Waals surface area contributed by atoms with Crippen LogP contribution in [0.3, 0.4) is 0 Å². The number of hydrogen-bond donors (Lipinski definition) is 0. The van der Waals surface area contributed by atoms with Gasteiger partial charge < -0.3 is 14.4 Å². The maximum atomic E-state index is 12.3. The first-order valence-electron chi connectivity index (χ1n) is 9.94. The number of pyridine rings is 1. The second-order valence-electron chi connectivity index (χ2n) is 7.02. The maximum absolute atomic E-state index is 12.3. The molecule has 0 radical (unpaired) electrons. The minimum Gasteiger partial charge on any atom is -0.484 e. The molecule has 9 heteroatoms. The quantitative estimate of drug-likeness (QED) is 0.635. The number of carbonyl (C=O) groups excluding carboxylic acids is 1. The lowest BCUT2D eigenvalue weighted by atomic mass is 10.1. The van der Waals surface area contributed by atoms with E-state index in [0.29, 0.717) is 43.2 Å². The van der Waals surface area contributed by atoms with Crippen molar-refractivity contribution in [3.05, 3.63) is 48.7 Å². The number of nitrogens with zero attached hydrogens (tertiary/aromatic N) is 3. The predicted octanol–water partition coefficient (Wildman–Crippen LogP) is 2.32. The van der Waals surface area contributed by atoms with E-state index in [2.05, 4.69) is 4.98 Å². The van der Waals surface area contributed by atoms with Gasteiger partial charge in [-0.25, -0.2) is 13.4 Å². The molecule has 0 unspecified atom stereocenters.